The maximum Gasteiger partial charge on any atom is 0.308 e. The van der Waals surface area contributed by atoms with Crippen molar-refractivity contribution in [2.45, 2.75) is 124 Å². The van der Waals surface area contributed by atoms with Crippen LogP contribution in [-0.2, 0) is 28.6 Å². The van der Waals surface area contributed by atoms with E-state index in [1.807, 2.05) is 20.8 Å². The Bertz CT molecular complexity index is 906. The Kier molecular flexibility index (Phi) is 8.33. The van der Waals surface area contributed by atoms with Crippen molar-refractivity contribution < 1.29 is 28.6 Å². The molecular formula is C32H52O6. The number of esters is 3. The van der Waals surface area contributed by atoms with Gasteiger partial charge in [-0.3, -0.25) is 14.4 Å². The second-order valence-corrected chi connectivity index (χ2v) is 14.7. The normalized spacial score (nSPS) is 41.2. The molecule has 0 bridgehead atoms. The van der Waals surface area contributed by atoms with E-state index < -0.39 is 5.60 Å². The van der Waals surface area contributed by atoms with Crippen LogP contribution in [0, 0.1) is 52.3 Å². The van der Waals surface area contributed by atoms with E-state index >= 15 is 0 Å². The maximum atomic E-state index is 12.5. The predicted octanol–water partition coefficient (Wildman–Crippen LogP) is 6.73. The van der Waals surface area contributed by atoms with Crippen LogP contribution in [0.15, 0.2) is 0 Å². The van der Waals surface area contributed by atoms with E-state index in [4.69, 9.17) is 14.2 Å². The minimum absolute atomic E-state index is 0.0787. The number of carbonyl (C=O) groups excluding carboxylic acids is 3. The smallest absolute Gasteiger partial charge is 0.308 e. The molecule has 0 aliphatic heterocycles. The van der Waals surface area contributed by atoms with Gasteiger partial charge in [-0.05, 0) is 119 Å². The van der Waals surface area contributed by atoms with E-state index in [9.17, 15) is 14.4 Å². The zero-order valence-corrected chi connectivity index (χ0v) is 25.1. The Morgan fingerprint density at radius 2 is 1.58 bits per heavy atom. The lowest BCUT2D eigenvalue weighted by Gasteiger charge is -2.62. The summed E-state index contributed by atoms with van der Waals surface area (Å²) in [7, 11) is 1.48. The van der Waals surface area contributed by atoms with E-state index in [2.05, 4.69) is 20.8 Å². The molecule has 6 heteroatoms. The van der Waals surface area contributed by atoms with Crippen molar-refractivity contribution in [3.8, 4) is 0 Å². The summed E-state index contributed by atoms with van der Waals surface area (Å²) in [6, 6.07) is 0. The molecule has 0 radical (unpaired) electrons. The Morgan fingerprint density at radius 1 is 0.921 bits per heavy atom. The Labute approximate surface area is 230 Å². The quantitative estimate of drug-likeness (QED) is 0.279. The highest BCUT2D eigenvalue weighted by molar-refractivity contribution is 5.72. The maximum absolute atomic E-state index is 12.5. The van der Waals surface area contributed by atoms with Gasteiger partial charge in [0.15, 0.2) is 0 Å². The highest BCUT2D eigenvalue weighted by Gasteiger charge is 2.63. The van der Waals surface area contributed by atoms with E-state index in [1.54, 1.807) is 0 Å². The number of fused-ring (bicyclic) bond motifs is 5. The molecule has 10 atom stereocenters. The van der Waals surface area contributed by atoms with Crippen molar-refractivity contribution in [3.05, 3.63) is 0 Å². The molecule has 0 amide bonds. The predicted molar refractivity (Wildman–Crippen MR) is 146 cm³/mol. The summed E-state index contributed by atoms with van der Waals surface area (Å²) in [6.07, 6.45) is 9.62. The van der Waals surface area contributed by atoms with Gasteiger partial charge in [0.2, 0.25) is 0 Å². The van der Waals surface area contributed by atoms with Crippen LogP contribution >= 0.6 is 0 Å². The molecule has 8 unspecified atom stereocenters. The summed E-state index contributed by atoms with van der Waals surface area (Å²) < 4.78 is 16.7. The summed E-state index contributed by atoms with van der Waals surface area (Å²) >= 11 is 0. The first kappa shape index (κ1) is 29.4. The van der Waals surface area contributed by atoms with Gasteiger partial charge in [-0.25, -0.2) is 0 Å². The molecule has 0 aromatic rings. The van der Waals surface area contributed by atoms with Gasteiger partial charge in [0, 0.05) is 19.3 Å². The average Bonchev–Trinajstić information content (AvgIpc) is 3.18. The van der Waals surface area contributed by atoms with Crippen molar-refractivity contribution in [3.63, 3.8) is 0 Å². The van der Waals surface area contributed by atoms with Crippen LogP contribution in [0.2, 0.25) is 0 Å². The van der Waals surface area contributed by atoms with E-state index in [1.165, 1.54) is 39.7 Å². The first-order valence-electron chi connectivity index (χ1n) is 15.2. The minimum Gasteiger partial charge on any atom is -0.469 e. The third-order valence-electron chi connectivity index (χ3n) is 11.5. The second kappa shape index (κ2) is 10.8. The molecule has 0 aromatic carbocycles. The molecule has 4 aliphatic rings. The van der Waals surface area contributed by atoms with Crippen LogP contribution in [0.3, 0.4) is 0 Å². The highest BCUT2D eigenvalue weighted by atomic mass is 16.6. The average molecular weight is 533 g/mol. The van der Waals surface area contributed by atoms with Crippen LogP contribution in [-0.4, -0.2) is 36.7 Å². The minimum atomic E-state index is -0.438. The third kappa shape index (κ3) is 5.52. The number of ether oxygens (including phenoxy) is 3. The molecule has 6 nitrogen and oxygen atoms in total. The fourth-order valence-electron chi connectivity index (χ4n) is 9.91. The van der Waals surface area contributed by atoms with Gasteiger partial charge in [-0.15, -0.1) is 0 Å². The number of rotatable bonds is 6. The van der Waals surface area contributed by atoms with Gasteiger partial charge >= 0.3 is 17.9 Å². The van der Waals surface area contributed by atoms with Gasteiger partial charge in [0.1, 0.15) is 11.7 Å². The first-order valence-corrected chi connectivity index (χ1v) is 15.2. The van der Waals surface area contributed by atoms with E-state index in [0.29, 0.717) is 36.0 Å². The van der Waals surface area contributed by atoms with Gasteiger partial charge in [-0.1, -0.05) is 20.8 Å². The second-order valence-electron chi connectivity index (χ2n) is 14.7. The third-order valence-corrected chi connectivity index (χ3v) is 11.5. The molecular weight excluding hydrogens is 480 g/mol. The van der Waals surface area contributed by atoms with Gasteiger partial charge in [-0.2, -0.15) is 0 Å². The molecule has 4 aliphatic carbocycles. The van der Waals surface area contributed by atoms with Gasteiger partial charge < -0.3 is 14.2 Å². The Balaban J connectivity index is 1.51. The Morgan fingerprint density at radius 3 is 2.21 bits per heavy atom. The summed E-state index contributed by atoms with van der Waals surface area (Å²) in [5.41, 5.74) is -0.108. The van der Waals surface area contributed by atoms with Crippen LogP contribution < -0.4 is 0 Å². The molecule has 4 rings (SSSR count). The largest absolute Gasteiger partial charge is 0.469 e. The number of hydrogen-bond acceptors (Lipinski definition) is 6. The summed E-state index contributed by atoms with van der Waals surface area (Å²) in [5, 5.41) is 0. The monoisotopic (exact) mass is 532 g/mol. The van der Waals surface area contributed by atoms with Crippen LogP contribution in [0.4, 0.5) is 0 Å². The van der Waals surface area contributed by atoms with Crippen LogP contribution in [0.1, 0.15) is 113 Å². The van der Waals surface area contributed by atoms with Crippen LogP contribution in [0.5, 0.6) is 0 Å². The molecule has 0 heterocycles. The van der Waals surface area contributed by atoms with Crippen molar-refractivity contribution in [2.24, 2.45) is 52.3 Å². The first-order chi connectivity index (χ1) is 17.7. The fraction of sp³-hybridized carbons (Fsp3) is 0.906. The summed E-state index contributed by atoms with van der Waals surface area (Å²) in [6.45, 7) is 14.6. The van der Waals surface area contributed by atoms with Crippen molar-refractivity contribution >= 4 is 17.9 Å². The molecule has 216 valence electrons. The molecule has 0 spiro atoms. The van der Waals surface area contributed by atoms with Crippen molar-refractivity contribution in [1.82, 2.24) is 0 Å². The lowest BCUT2D eigenvalue weighted by atomic mass is 9.43. The van der Waals surface area contributed by atoms with Gasteiger partial charge in [0.05, 0.1) is 13.0 Å². The molecule has 0 saturated heterocycles. The standard InChI is InChI=1S/C32H52O6/c1-19(9-12-28(34)38-30(3,4)5)23-10-11-24-22-18-27(37-20(2)33)26-17-21(29(35)36-8)13-15-32(26,7)25(22)14-16-31(23,24)6/h19,21-27H,9-18H2,1-8H3/t19?,21?,22?,23?,24?,25?,26?,27?,31-,32-/m1/s1. The summed E-state index contributed by atoms with van der Waals surface area (Å²) in [5.74, 6) is 2.52. The molecule has 0 aromatic heterocycles. The summed E-state index contributed by atoms with van der Waals surface area (Å²) in [4.78, 5) is 37.1. The van der Waals surface area contributed by atoms with Crippen molar-refractivity contribution in [1.29, 1.82) is 0 Å². The lowest BCUT2D eigenvalue weighted by molar-refractivity contribution is -0.191. The van der Waals surface area contributed by atoms with Crippen LogP contribution in [0.25, 0.3) is 0 Å². The van der Waals surface area contributed by atoms with E-state index in [0.717, 1.165) is 32.1 Å². The van der Waals surface area contributed by atoms with E-state index in [-0.39, 0.29) is 46.7 Å². The number of methoxy groups -OCH3 is 1. The molecule has 4 fully saturated rings. The fourth-order valence-corrected chi connectivity index (χ4v) is 9.91. The zero-order chi connectivity index (χ0) is 28.0. The topological polar surface area (TPSA) is 78.9 Å². The van der Waals surface area contributed by atoms with Gasteiger partial charge in [0.25, 0.3) is 0 Å². The Hall–Kier alpha value is -1.59. The lowest BCUT2D eigenvalue weighted by Crippen LogP contribution is -2.59. The molecule has 0 N–H and O–H groups in total. The van der Waals surface area contributed by atoms with Crippen molar-refractivity contribution in [2.75, 3.05) is 7.11 Å². The number of carbonyl (C=O) groups is 3. The molecule has 38 heavy (non-hydrogen) atoms. The molecule has 4 saturated carbocycles. The SMILES string of the molecule is COC(=O)C1CC[C@@]2(C)C(C1)C(OC(C)=O)CC1C2CC[C@]2(C)C(C(C)CCC(=O)OC(C)(C)C)CCC12. The zero-order valence-electron chi connectivity index (χ0n) is 25.1. The highest BCUT2D eigenvalue weighted by Crippen LogP contribution is 2.69. The number of hydrogen-bond donors (Lipinski definition) is 0.